The highest BCUT2D eigenvalue weighted by Crippen LogP contribution is 2.39. The maximum absolute atomic E-state index is 9.78. The summed E-state index contributed by atoms with van der Waals surface area (Å²) in [7, 11) is 0. The third-order valence-electron chi connectivity index (χ3n) is 4.89. The first kappa shape index (κ1) is 22.7. The zero-order valence-electron chi connectivity index (χ0n) is 17.5. The van der Waals surface area contributed by atoms with Gasteiger partial charge in [0.2, 0.25) is 0 Å². The van der Waals surface area contributed by atoms with Gasteiger partial charge >= 0.3 is 0 Å². The van der Waals surface area contributed by atoms with E-state index in [1.54, 1.807) is 12.1 Å². The SMILES string of the molecule is CCOc1cc(C(C)(C)C)ccc1OCCC(C)(C)c1cc(Cl)c(O)c(Cl)c1. The first-order chi connectivity index (χ1) is 13.0. The zero-order valence-corrected chi connectivity index (χ0v) is 19.0. The lowest BCUT2D eigenvalue weighted by molar-refractivity contribution is 0.250. The molecule has 0 atom stereocenters. The number of ether oxygens (including phenoxy) is 2. The molecule has 0 saturated heterocycles. The fourth-order valence-corrected chi connectivity index (χ4v) is 3.37. The van der Waals surface area contributed by atoms with E-state index in [0.29, 0.717) is 13.2 Å². The smallest absolute Gasteiger partial charge is 0.161 e. The minimum absolute atomic E-state index is 0.0454. The molecular weight excluding hydrogens is 395 g/mol. The third kappa shape index (κ3) is 5.48. The van der Waals surface area contributed by atoms with Gasteiger partial charge in [0.15, 0.2) is 17.2 Å². The van der Waals surface area contributed by atoms with Crippen LogP contribution in [0.25, 0.3) is 0 Å². The molecule has 2 aromatic rings. The zero-order chi connectivity index (χ0) is 21.1. The number of rotatable bonds is 7. The molecule has 0 aliphatic rings. The van der Waals surface area contributed by atoms with Gasteiger partial charge in [0.25, 0.3) is 0 Å². The summed E-state index contributed by atoms with van der Waals surface area (Å²) in [5, 5.41) is 10.3. The van der Waals surface area contributed by atoms with E-state index in [-0.39, 0.29) is 26.6 Å². The predicted octanol–water partition coefficient (Wildman–Crippen LogP) is 7.14. The molecule has 0 heterocycles. The summed E-state index contributed by atoms with van der Waals surface area (Å²) in [6.07, 6.45) is 0.747. The van der Waals surface area contributed by atoms with Gasteiger partial charge in [-0.1, -0.05) is 63.9 Å². The van der Waals surface area contributed by atoms with Crippen LogP contribution in [0.2, 0.25) is 10.0 Å². The van der Waals surface area contributed by atoms with Gasteiger partial charge in [0.05, 0.1) is 23.3 Å². The van der Waals surface area contributed by atoms with E-state index in [0.717, 1.165) is 23.5 Å². The van der Waals surface area contributed by atoms with Crippen molar-refractivity contribution < 1.29 is 14.6 Å². The molecule has 0 spiro atoms. The van der Waals surface area contributed by atoms with Gasteiger partial charge in [-0.3, -0.25) is 0 Å². The van der Waals surface area contributed by atoms with Crippen molar-refractivity contribution in [3.63, 3.8) is 0 Å². The van der Waals surface area contributed by atoms with Crippen LogP contribution in [0.4, 0.5) is 0 Å². The summed E-state index contributed by atoms with van der Waals surface area (Å²) in [5.74, 6) is 1.43. The Bertz CT molecular complexity index is 800. The van der Waals surface area contributed by atoms with Crippen molar-refractivity contribution in [2.24, 2.45) is 0 Å². The number of phenols is 1. The molecule has 0 fully saturated rings. The molecule has 0 bridgehead atoms. The maximum atomic E-state index is 9.78. The highest BCUT2D eigenvalue weighted by Gasteiger charge is 2.24. The Morgan fingerprint density at radius 1 is 0.857 bits per heavy atom. The number of hydrogen-bond donors (Lipinski definition) is 1. The number of aromatic hydroxyl groups is 1. The fourth-order valence-electron chi connectivity index (χ4n) is 2.88. The van der Waals surface area contributed by atoms with Gasteiger partial charge in [-0.25, -0.2) is 0 Å². The summed E-state index contributed by atoms with van der Waals surface area (Å²) in [6, 6.07) is 9.64. The van der Waals surface area contributed by atoms with E-state index in [4.69, 9.17) is 32.7 Å². The van der Waals surface area contributed by atoms with Crippen LogP contribution < -0.4 is 9.47 Å². The first-order valence-electron chi connectivity index (χ1n) is 9.54. The van der Waals surface area contributed by atoms with E-state index in [2.05, 4.69) is 46.8 Å². The molecule has 0 saturated carbocycles. The van der Waals surface area contributed by atoms with Crippen molar-refractivity contribution in [2.75, 3.05) is 13.2 Å². The minimum atomic E-state index is -0.224. The van der Waals surface area contributed by atoms with Crippen LogP contribution in [0.1, 0.15) is 59.1 Å². The molecule has 2 rings (SSSR count). The molecular formula is C23H30Cl2O3. The molecule has 154 valence electrons. The second-order valence-electron chi connectivity index (χ2n) is 8.62. The number of halogens is 2. The average Bonchev–Trinajstić information content (AvgIpc) is 2.59. The lowest BCUT2D eigenvalue weighted by Gasteiger charge is -2.26. The summed E-state index contributed by atoms with van der Waals surface area (Å²) < 4.78 is 11.9. The van der Waals surface area contributed by atoms with Crippen LogP contribution in [0, 0.1) is 0 Å². The summed E-state index contributed by atoms with van der Waals surface area (Å²) >= 11 is 12.2. The third-order valence-corrected chi connectivity index (χ3v) is 5.47. The lowest BCUT2D eigenvalue weighted by atomic mass is 9.82. The van der Waals surface area contributed by atoms with Crippen LogP contribution in [0.15, 0.2) is 30.3 Å². The second-order valence-corrected chi connectivity index (χ2v) is 9.43. The van der Waals surface area contributed by atoms with Crippen molar-refractivity contribution in [2.45, 2.75) is 58.8 Å². The predicted molar refractivity (Wildman–Crippen MR) is 118 cm³/mol. The molecule has 0 amide bonds. The Morgan fingerprint density at radius 2 is 1.46 bits per heavy atom. The molecule has 0 radical (unpaired) electrons. The van der Waals surface area contributed by atoms with Gasteiger partial charge < -0.3 is 14.6 Å². The Morgan fingerprint density at radius 3 is 2.00 bits per heavy atom. The Kier molecular flexibility index (Phi) is 7.17. The van der Waals surface area contributed by atoms with E-state index < -0.39 is 0 Å². The lowest BCUT2D eigenvalue weighted by Crippen LogP contribution is -2.21. The van der Waals surface area contributed by atoms with Crippen LogP contribution in [0.5, 0.6) is 17.2 Å². The van der Waals surface area contributed by atoms with Crippen molar-refractivity contribution in [3.05, 3.63) is 51.5 Å². The van der Waals surface area contributed by atoms with Gasteiger partial charge in [0.1, 0.15) is 0 Å². The molecule has 3 nitrogen and oxygen atoms in total. The quantitative estimate of drug-likeness (QED) is 0.512. The Balaban J connectivity index is 2.13. The van der Waals surface area contributed by atoms with Crippen LogP contribution in [0.3, 0.4) is 0 Å². The van der Waals surface area contributed by atoms with Gasteiger partial charge in [0, 0.05) is 0 Å². The summed E-state index contributed by atoms with van der Waals surface area (Å²) in [6.45, 7) is 13.8. The van der Waals surface area contributed by atoms with Crippen molar-refractivity contribution >= 4 is 23.2 Å². The van der Waals surface area contributed by atoms with Crippen LogP contribution in [-0.2, 0) is 10.8 Å². The van der Waals surface area contributed by atoms with Gasteiger partial charge in [-0.05, 0) is 59.6 Å². The molecule has 2 aromatic carbocycles. The minimum Gasteiger partial charge on any atom is -0.505 e. The van der Waals surface area contributed by atoms with E-state index in [9.17, 15) is 5.11 Å². The summed E-state index contributed by atoms with van der Waals surface area (Å²) in [5.41, 5.74) is 1.98. The summed E-state index contributed by atoms with van der Waals surface area (Å²) in [4.78, 5) is 0. The van der Waals surface area contributed by atoms with Crippen molar-refractivity contribution in [1.29, 1.82) is 0 Å². The first-order valence-corrected chi connectivity index (χ1v) is 10.3. The normalized spacial score (nSPS) is 12.1. The standard InChI is InChI=1S/C23H30Cl2O3/c1-7-27-20-14-15(22(2,3)4)8-9-19(20)28-11-10-23(5,6)16-12-17(24)21(26)18(25)13-16/h8-9,12-14,26H,7,10-11H2,1-6H3. The topological polar surface area (TPSA) is 38.7 Å². The molecule has 0 aliphatic carbocycles. The Hall–Kier alpha value is -1.58. The number of phenolic OH excluding ortho intramolecular Hbond substituents is 1. The average molecular weight is 425 g/mol. The molecule has 0 unspecified atom stereocenters. The maximum Gasteiger partial charge on any atom is 0.161 e. The molecule has 5 heteroatoms. The molecule has 28 heavy (non-hydrogen) atoms. The number of hydrogen-bond acceptors (Lipinski definition) is 3. The Labute approximate surface area is 178 Å². The molecule has 0 aliphatic heterocycles. The monoisotopic (exact) mass is 424 g/mol. The second kappa shape index (κ2) is 8.84. The molecule has 1 N–H and O–H groups in total. The number of benzene rings is 2. The van der Waals surface area contributed by atoms with Crippen LogP contribution in [-0.4, -0.2) is 18.3 Å². The largest absolute Gasteiger partial charge is 0.505 e. The van der Waals surface area contributed by atoms with E-state index >= 15 is 0 Å². The highest BCUT2D eigenvalue weighted by molar-refractivity contribution is 6.37. The van der Waals surface area contributed by atoms with Crippen LogP contribution >= 0.6 is 23.2 Å². The van der Waals surface area contributed by atoms with Gasteiger partial charge in [-0.15, -0.1) is 0 Å². The highest BCUT2D eigenvalue weighted by atomic mass is 35.5. The van der Waals surface area contributed by atoms with Gasteiger partial charge in [-0.2, -0.15) is 0 Å². The van der Waals surface area contributed by atoms with Crippen molar-refractivity contribution in [1.82, 2.24) is 0 Å². The van der Waals surface area contributed by atoms with Crippen molar-refractivity contribution in [3.8, 4) is 17.2 Å². The van der Waals surface area contributed by atoms with E-state index in [1.165, 1.54) is 5.56 Å². The fraction of sp³-hybridized carbons (Fsp3) is 0.478. The van der Waals surface area contributed by atoms with E-state index in [1.807, 2.05) is 13.0 Å². The molecule has 0 aromatic heterocycles.